The van der Waals surface area contributed by atoms with Crippen LogP contribution in [0.25, 0.3) is 0 Å². The molecule has 0 bridgehead atoms. The van der Waals surface area contributed by atoms with Gasteiger partial charge in [-0.25, -0.2) is 0 Å². The molecule has 1 atom stereocenters. The van der Waals surface area contributed by atoms with Crippen LogP contribution in [0.4, 0.5) is 0 Å². The minimum absolute atomic E-state index is 0.250. The molecule has 0 aliphatic rings. The highest BCUT2D eigenvalue weighted by molar-refractivity contribution is 7.99. The fourth-order valence-corrected chi connectivity index (χ4v) is 1.39. The average Bonchev–Trinajstić information content (AvgIpc) is 2.54. The van der Waals surface area contributed by atoms with Crippen LogP contribution in [0.5, 0.6) is 0 Å². The second-order valence-electron chi connectivity index (χ2n) is 2.46. The number of primary amides is 1. The van der Waals surface area contributed by atoms with Gasteiger partial charge in [0.1, 0.15) is 0 Å². The zero-order chi connectivity index (χ0) is 10.1. The molecule has 0 radical (unpaired) electrons. The molecule has 5 N–H and O–H groups in total. The molecular weight excluding hydrogens is 186 g/mol. The standard InChI is InChI=1S/C7H12N2S.CH3NO/c1-6(8)5-10-7-3-2-4-9-7;2-1-3/h2-4,6,9H,5,8H2,1H3;1H,(H2,2,3)/t6-;/m1./s1. The second kappa shape index (κ2) is 7.70. The van der Waals surface area contributed by atoms with Gasteiger partial charge in [0, 0.05) is 18.0 Å². The van der Waals surface area contributed by atoms with E-state index in [0.29, 0.717) is 0 Å². The SMILES string of the molecule is C[C@@H](N)CSc1ccc[nH]1.NC=O. The summed E-state index contributed by atoms with van der Waals surface area (Å²) in [6, 6.07) is 4.31. The molecule has 1 heterocycles. The van der Waals surface area contributed by atoms with E-state index in [1.54, 1.807) is 11.8 Å². The molecule has 0 saturated heterocycles. The van der Waals surface area contributed by atoms with Crippen LogP contribution >= 0.6 is 11.8 Å². The summed E-state index contributed by atoms with van der Waals surface area (Å²) < 4.78 is 0. The number of nitrogens with one attached hydrogen (secondary N) is 1. The first-order valence-electron chi connectivity index (χ1n) is 3.87. The third-order valence-electron chi connectivity index (χ3n) is 1.07. The molecule has 13 heavy (non-hydrogen) atoms. The normalized spacial score (nSPS) is 11.2. The van der Waals surface area contributed by atoms with Crippen molar-refractivity contribution in [3.8, 4) is 0 Å². The van der Waals surface area contributed by atoms with E-state index in [1.807, 2.05) is 25.3 Å². The predicted octanol–water partition coefficient (Wildman–Crippen LogP) is 0.556. The van der Waals surface area contributed by atoms with Gasteiger partial charge < -0.3 is 16.5 Å². The van der Waals surface area contributed by atoms with Crippen LogP contribution in [0.15, 0.2) is 23.4 Å². The van der Waals surface area contributed by atoms with Crippen LogP contribution in [-0.4, -0.2) is 23.2 Å². The summed E-state index contributed by atoms with van der Waals surface area (Å²) in [5, 5.41) is 1.19. The van der Waals surface area contributed by atoms with Crippen molar-refractivity contribution in [2.75, 3.05) is 5.75 Å². The number of carbonyl (C=O) groups is 1. The predicted molar refractivity (Wildman–Crippen MR) is 55.4 cm³/mol. The van der Waals surface area contributed by atoms with Crippen LogP contribution < -0.4 is 11.5 Å². The van der Waals surface area contributed by atoms with Crippen molar-refractivity contribution in [1.29, 1.82) is 0 Å². The third-order valence-corrected chi connectivity index (χ3v) is 2.33. The maximum Gasteiger partial charge on any atom is 0.204 e. The largest absolute Gasteiger partial charge is 0.372 e. The monoisotopic (exact) mass is 201 g/mol. The van der Waals surface area contributed by atoms with Gasteiger partial charge in [-0.05, 0) is 19.1 Å². The van der Waals surface area contributed by atoms with Crippen molar-refractivity contribution < 1.29 is 4.79 Å². The minimum atomic E-state index is 0.250. The van der Waals surface area contributed by atoms with Gasteiger partial charge in [-0.15, -0.1) is 11.8 Å². The minimum Gasteiger partial charge on any atom is -0.372 e. The molecule has 74 valence electrons. The molecule has 0 spiro atoms. The molecule has 1 rings (SSSR count). The number of nitrogens with two attached hydrogens (primary N) is 2. The number of rotatable bonds is 3. The van der Waals surface area contributed by atoms with Gasteiger partial charge in [-0.1, -0.05) is 0 Å². The molecule has 1 aromatic rings. The van der Waals surface area contributed by atoms with E-state index in [-0.39, 0.29) is 12.5 Å². The Kier molecular flexibility index (Phi) is 7.14. The molecule has 0 unspecified atom stereocenters. The first kappa shape index (κ1) is 12.1. The van der Waals surface area contributed by atoms with Crippen molar-refractivity contribution in [2.24, 2.45) is 11.5 Å². The second-order valence-corrected chi connectivity index (χ2v) is 3.52. The zero-order valence-electron chi connectivity index (χ0n) is 7.57. The Morgan fingerprint density at radius 1 is 1.77 bits per heavy atom. The Hall–Kier alpha value is -0.940. The van der Waals surface area contributed by atoms with Gasteiger partial charge >= 0.3 is 0 Å². The van der Waals surface area contributed by atoms with Gasteiger partial charge in [-0.2, -0.15) is 0 Å². The lowest BCUT2D eigenvalue weighted by atomic mass is 10.4. The van der Waals surface area contributed by atoms with Crippen LogP contribution in [0.2, 0.25) is 0 Å². The molecule has 1 aromatic heterocycles. The maximum atomic E-state index is 8.58. The fourth-order valence-electron chi connectivity index (χ4n) is 0.625. The summed E-state index contributed by atoms with van der Waals surface area (Å²) in [5.41, 5.74) is 9.74. The maximum absolute atomic E-state index is 8.58. The Bertz CT molecular complexity index is 211. The molecule has 0 saturated carbocycles. The fraction of sp³-hybridized carbons (Fsp3) is 0.375. The van der Waals surface area contributed by atoms with Gasteiger partial charge in [0.05, 0.1) is 5.03 Å². The summed E-state index contributed by atoms with van der Waals surface area (Å²) >= 11 is 1.75. The molecular formula is C8H15N3OS. The summed E-state index contributed by atoms with van der Waals surface area (Å²) in [5.74, 6) is 0.973. The first-order valence-corrected chi connectivity index (χ1v) is 4.86. The Morgan fingerprint density at radius 3 is 2.77 bits per heavy atom. The van der Waals surface area contributed by atoms with E-state index in [2.05, 4.69) is 10.7 Å². The number of hydrogen-bond donors (Lipinski definition) is 3. The van der Waals surface area contributed by atoms with Crippen molar-refractivity contribution in [3.05, 3.63) is 18.3 Å². The van der Waals surface area contributed by atoms with E-state index in [4.69, 9.17) is 10.5 Å². The van der Waals surface area contributed by atoms with Gasteiger partial charge in [0.2, 0.25) is 6.41 Å². The van der Waals surface area contributed by atoms with Gasteiger partial charge in [0.25, 0.3) is 0 Å². The van der Waals surface area contributed by atoms with E-state index in [1.165, 1.54) is 5.03 Å². The Balaban J connectivity index is 0.000000424. The lowest BCUT2D eigenvalue weighted by Crippen LogP contribution is -2.17. The molecule has 0 aliphatic carbocycles. The molecule has 0 aromatic carbocycles. The van der Waals surface area contributed by atoms with Crippen molar-refractivity contribution in [1.82, 2.24) is 4.98 Å². The Morgan fingerprint density at radius 2 is 2.38 bits per heavy atom. The van der Waals surface area contributed by atoms with Crippen LogP contribution in [0.3, 0.4) is 0 Å². The average molecular weight is 201 g/mol. The lowest BCUT2D eigenvalue weighted by Gasteiger charge is -2.01. The number of carbonyl (C=O) groups excluding carboxylic acids is 1. The highest BCUT2D eigenvalue weighted by Gasteiger charge is 1.95. The first-order chi connectivity index (χ1) is 6.20. The Labute approximate surface area is 82.1 Å². The topological polar surface area (TPSA) is 84.9 Å². The number of hydrogen-bond acceptors (Lipinski definition) is 3. The van der Waals surface area contributed by atoms with Crippen LogP contribution in [-0.2, 0) is 4.79 Å². The van der Waals surface area contributed by atoms with Crippen molar-refractivity contribution in [2.45, 2.75) is 18.0 Å². The summed E-state index contributed by atoms with van der Waals surface area (Å²) in [7, 11) is 0. The van der Waals surface area contributed by atoms with E-state index in [0.717, 1.165) is 5.75 Å². The highest BCUT2D eigenvalue weighted by atomic mass is 32.2. The van der Waals surface area contributed by atoms with Crippen molar-refractivity contribution >= 4 is 18.2 Å². The quantitative estimate of drug-likeness (QED) is 0.493. The van der Waals surface area contributed by atoms with Crippen molar-refractivity contribution in [3.63, 3.8) is 0 Å². The molecule has 1 amide bonds. The molecule has 5 heteroatoms. The molecule has 4 nitrogen and oxygen atoms in total. The number of aromatic nitrogens is 1. The molecule has 0 aliphatic heterocycles. The lowest BCUT2D eigenvalue weighted by molar-refractivity contribution is -0.106. The third kappa shape index (κ3) is 7.42. The van der Waals surface area contributed by atoms with E-state index in [9.17, 15) is 0 Å². The highest BCUT2D eigenvalue weighted by Crippen LogP contribution is 2.14. The zero-order valence-corrected chi connectivity index (χ0v) is 8.38. The number of H-pyrrole nitrogens is 1. The van der Waals surface area contributed by atoms with Crippen LogP contribution in [0, 0.1) is 0 Å². The number of aromatic amines is 1. The van der Waals surface area contributed by atoms with Gasteiger partial charge in [-0.3, -0.25) is 4.79 Å². The summed E-state index contributed by atoms with van der Waals surface area (Å²) in [4.78, 5) is 11.7. The molecule has 0 fully saturated rings. The van der Waals surface area contributed by atoms with E-state index >= 15 is 0 Å². The smallest absolute Gasteiger partial charge is 0.204 e. The number of thioether (sulfide) groups is 1. The van der Waals surface area contributed by atoms with Gasteiger partial charge in [0.15, 0.2) is 0 Å². The number of amides is 1. The summed E-state index contributed by atoms with van der Waals surface area (Å²) in [6.45, 7) is 2.01. The van der Waals surface area contributed by atoms with E-state index < -0.39 is 0 Å². The van der Waals surface area contributed by atoms with Crippen LogP contribution in [0.1, 0.15) is 6.92 Å². The summed E-state index contributed by atoms with van der Waals surface area (Å²) in [6.07, 6.45) is 2.17.